The second-order valence-corrected chi connectivity index (χ2v) is 4.07. The smallest absolute Gasteiger partial charge is 0.317 e. The predicted octanol–water partition coefficient (Wildman–Crippen LogP) is 0.173. The summed E-state index contributed by atoms with van der Waals surface area (Å²) in [5.74, 6) is 0.457. The molecule has 1 aliphatic heterocycles. The molecule has 0 bridgehead atoms. The predicted molar refractivity (Wildman–Crippen MR) is 48.3 cm³/mol. The second kappa shape index (κ2) is 2.87. The average molecular weight is 184 g/mol. The molecule has 2 rings (SSSR count). The third kappa shape index (κ3) is 1.50. The highest BCUT2D eigenvalue weighted by atomic mass is 16.3. The van der Waals surface area contributed by atoms with Crippen LogP contribution in [0.25, 0.3) is 0 Å². The Morgan fingerprint density at radius 1 is 1.62 bits per heavy atom. The normalized spacial score (nSPS) is 25.2. The van der Waals surface area contributed by atoms with Crippen LogP contribution in [-0.2, 0) is 0 Å². The number of amides is 2. The largest absolute Gasteiger partial charge is 0.386 e. The summed E-state index contributed by atoms with van der Waals surface area (Å²) in [5.41, 5.74) is -0.551. The van der Waals surface area contributed by atoms with Crippen LogP contribution in [0.2, 0.25) is 0 Å². The number of nitrogens with zero attached hydrogens (tertiary/aromatic N) is 1. The van der Waals surface area contributed by atoms with Gasteiger partial charge in [0.2, 0.25) is 0 Å². The van der Waals surface area contributed by atoms with Gasteiger partial charge in [0.25, 0.3) is 0 Å². The maximum absolute atomic E-state index is 11.3. The number of likely N-dealkylation sites (tertiary alicyclic amines) is 1. The van der Waals surface area contributed by atoms with Crippen molar-refractivity contribution in [2.75, 3.05) is 19.6 Å². The maximum Gasteiger partial charge on any atom is 0.317 e. The molecule has 4 heteroatoms. The minimum Gasteiger partial charge on any atom is -0.386 e. The van der Waals surface area contributed by atoms with Crippen LogP contribution >= 0.6 is 0 Å². The fraction of sp³-hybridized carbons (Fsp3) is 0.889. The van der Waals surface area contributed by atoms with E-state index in [0.29, 0.717) is 25.6 Å². The van der Waals surface area contributed by atoms with Crippen LogP contribution in [0.15, 0.2) is 0 Å². The van der Waals surface area contributed by atoms with E-state index in [1.165, 1.54) is 0 Å². The minimum atomic E-state index is -0.551. The van der Waals surface area contributed by atoms with Crippen LogP contribution in [0.3, 0.4) is 0 Å². The van der Waals surface area contributed by atoms with Gasteiger partial charge in [-0.25, -0.2) is 4.79 Å². The van der Waals surface area contributed by atoms with Crippen molar-refractivity contribution in [3.63, 3.8) is 0 Å². The number of hydrogen-bond donors (Lipinski definition) is 2. The number of nitrogens with one attached hydrogen (secondary N) is 1. The van der Waals surface area contributed by atoms with E-state index in [4.69, 9.17) is 0 Å². The van der Waals surface area contributed by atoms with E-state index in [0.717, 1.165) is 12.8 Å². The summed E-state index contributed by atoms with van der Waals surface area (Å²) in [7, 11) is 0. The fourth-order valence-electron chi connectivity index (χ4n) is 1.90. The Hall–Kier alpha value is -0.770. The number of rotatable bonds is 2. The van der Waals surface area contributed by atoms with Gasteiger partial charge in [-0.15, -0.1) is 0 Å². The molecule has 0 radical (unpaired) electrons. The van der Waals surface area contributed by atoms with Gasteiger partial charge in [-0.3, -0.25) is 0 Å². The summed E-state index contributed by atoms with van der Waals surface area (Å²) in [5, 5.41) is 12.6. The molecule has 0 aromatic carbocycles. The van der Waals surface area contributed by atoms with Crippen molar-refractivity contribution in [2.45, 2.75) is 25.4 Å². The number of β-amino-alcohol motifs (C(OH)–C–C–N with tert-alkyl or cyclic N) is 1. The highest BCUT2D eigenvalue weighted by Gasteiger charge is 2.53. The van der Waals surface area contributed by atoms with Gasteiger partial charge in [-0.2, -0.15) is 0 Å². The van der Waals surface area contributed by atoms with Crippen molar-refractivity contribution in [1.82, 2.24) is 10.2 Å². The molecule has 0 spiro atoms. The number of carbonyl (C=O) groups excluding carboxylic acids is 1. The first-order valence-electron chi connectivity index (χ1n) is 4.91. The molecule has 0 aromatic heterocycles. The molecule has 13 heavy (non-hydrogen) atoms. The first-order chi connectivity index (χ1) is 6.15. The van der Waals surface area contributed by atoms with Gasteiger partial charge in [-0.05, 0) is 25.7 Å². The van der Waals surface area contributed by atoms with Crippen molar-refractivity contribution in [1.29, 1.82) is 0 Å². The summed E-state index contributed by atoms with van der Waals surface area (Å²) in [6, 6.07) is -0.0483. The maximum atomic E-state index is 11.3. The number of carbonyl (C=O) groups is 1. The van der Waals surface area contributed by atoms with Gasteiger partial charge in [0.05, 0.1) is 13.1 Å². The lowest BCUT2D eigenvalue weighted by Crippen LogP contribution is -2.66. The molecule has 2 aliphatic rings. The molecule has 2 N–H and O–H groups in total. The van der Waals surface area contributed by atoms with Crippen LogP contribution < -0.4 is 5.32 Å². The first kappa shape index (κ1) is 8.81. The van der Waals surface area contributed by atoms with Gasteiger partial charge >= 0.3 is 6.03 Å². The third-order valence-electron chi connectivity index (χ3n) is 2.88. The highest BCUT2D eigenvalue weighted by Crippen LogP contribution is 2.44. The van der Waals surface area contributed by atoms with E-state index in [1.54, 1.807) is 4.90 Å². The molecule has 0 unspecified atom stereocenters. The van der Waals surface area contributed by atoms with E-state index in [-0.39, 0.29) is 6.03 Å². The van der Waals surface area contributed by atoms with Crippen LogP contribution in [0.1, 0.15) is 19.8 Å². The first-order valence-corrected chi connectivity index (χ1v) is 4.91. The van der Waals surface area contributed by atoms with Crippen molar-refractivity contribution in [2.24, 2.45) is 5.92 Å². The third-order valence-corrected chi connectivity index (χ3v) is 2.88. The molecule has 0 aromatic rings. The monoisotopic (exact) mass is 184 g/mol. The van der Waals surface area contributed by atoms with Crippen molar-refractivity contribution < 1.29 is 9.90 Å². The van der Waals surface area contributed by atoms with Gasteiger partial charge in [0, 0.05) is 6.54 Å². The Labute approximate surface area is 77.9 Å². The molecule has 4 nitrogen and oxygen atoms in total. The summed E-state index contributed by atoms with van der Waals surface area (Å²) >= 11 is 0. The van der Waals surface area contributed by atoms with Crippen molar-refractivity contribution in [3.05, 3.63) is 0 Å². The molecule has 0 atom stereocenters. The average Bonchev–Trinajstić information content (AvgIpc) is 2.81. The van der Waals surface area contributed by atoms with Crippen LogP contribution in [0.5, 0.6) is 0 Å². The molecule has 1 saturated heterocycles. The molecular weight excluding hydrogens is 168 g/mol. The van der Waals surface area contributed by atoms with Gasteiger partial charge < -0.3 is 15.3 Å². The zero-order valence-corrected chi connectivity index (χ0v) is 7.92. The van der Waals surface area contributed by atoms with Crippen LogP contribution in [0, 0.1) is 5.92 Å². The Kier molecular flexibility index (Phi) is 1.95. The van der Waals surface area contributed by atoms with E-state index in [2.05, 4.69) is 5.32 Å². The Bertz CT molecular complexity index is 220. The lowest BCUT2D eigenvalue weighted by molar-refractivity contribution is -0.0917. The van der Waals surface area contributed by atoms with Crippen molar-refractivity contribution in [3.8, 4) is 0 Å². The molecule has 1 aliphatic carbocycles. The summed E-state index contributed by atoms with van der Waals surface area (Å²) in [6.45, 7) is 3.58. The lowest BCUT2D eigenvalue weighted by atomic mass is 9.89. The van der Waals surface area contributed by atoms with Crippen LogP contribution in [-0.4, -0.2) is 41.3 Å². The van der Waals surface area contributed by atoms with E-state index < -0.39 is 5.60 Å². The topological polar surface area (TPSA) is 52.6 Å². The zero-order chi connectivity index (χ0) is 9.47. The van der Waals surface area contributed by atoms with Gasteiger partial charge in [0.15, 0.2) is 0 Å². The van der Waals surface area contributed by atoms with Crippen LogP contribution in [0.4, 0.5) is 4.79 Å². The number of aliphatic hydroxyl groups is 1. The molecule has 2 fully saturated rings. The zero-order valence-electron chi connectivity index (χ0n) is 7.92. The number of hydrogen-bond acceptors (Lipinski definition) is 2. The molecule has 1 saturated carbocycles. The van der Waals surface area contributed by atoms with Crippen molar-refractivity contribution >= 4 is 6.03 Å². The molecule has 74 valence electrons. The second-order valence-electron chi connectivity index (χ2n) is 4.07. The highest BCUT2D eigenvalue weighted by molar-refractivity contribution is 5.75. The Balaban J connectivity index is 1.79. The Morgan fingerprint density at radius 3 is 2.69 bits per heavy atom. The summed E-state index contributed by atoms with van der Waals surface area (Å²) in [4.78, 5) is 12.9. The fourth-order valence-corrected chi connectivity index (χ4v) is 1.90. The molecule has 2 amide bonds. The Morgan fingerprint density at radius 2 is 2.23 bits per heavy atom. The molecule has 1 heterocycles. The number of urea groups is 1. The summed E-state index contributed by atoms with van der Waals surface area (Å²) < 4.78 is 0. The quantitative estimate of drug-likeness (QED) is 0.643. The minimum absolute atomic E-state index is 0.0483. The standard InChI is InChI=1S/C9H16N2O2/c1-2-10-8(12)11-5-9(13,6-11)7-3-4-7/h7,13H,2-6H2,1H3,(H,10,12). The lowest BCUT2D eigenvalue weighted by Gasteiger charge is -2.46. The van der Waals surface area contributed by atoms with Gasteiger partial charge in [-0.1, -0.05) is 0 Å². The molecular formula is C9H16N2O2. The van der Waals surface area contributed by atoms with E-state index in [9.17, 15) is 9.90 Å². The van der Waals surface area contributed by atoms with E-state index in [1.807, 2.05) is 6.92 Å². The van der Waals surface area contributed by atoms with Gasteiger partial charge in [0.1, 0.15) is 5.60 Å². The summed E-state index contributed by atoms with van der Waals surface area (Å²) in [6.07, 6.45) is 2.25. The van der Waals surface area contributed by atoms with E-state index >= 15 is 0 Å². The SMILES string of the molecule is CCNC(=O)N1CC(O)(C2CC2)C1.